The van der Waals surface area contributed by atoms with Gasteiger partial charge in [0, 0.05) is 63.0 Å². The lowest BCUT2D eigenvalue weighted by molar-refractivity contribution is -0.127. The number of rotatable bonds is 6. The highest BCUT2D eigenvalue weighted by Gasteiger charge is 2.49. The number of likely N-dealkylation sites (N-methyl/N-ethyl adjacent to an activating group) is 1. The van der Waals surface area contributed by atoms with Crippen LogP contribution >= 0.6 is 23.2 Å². The van der Waals surface area contributed by atoms with Crippen molar-refractivity contribution in [2.75, 3.05) is 53.0 Å². The molecule has 4 rings (SSSR count). The molecule has 0 aromatic heterocycles. The van der Waals surface area contributed by atoms with Gasteiger partial charge in [0.2, 0.25) is 0 Å². The first-order chi connectivity index (χ1) is 15.4. The van der Waals surface area contributed by atoms with E-state index in [0.717, 1.165) is 44.2 Å². The number of guanidine groups is 1. The molecule has 2 unspecified atom stereocenters. The fourth-order valence-corrected chi connectivity index (χ4v) is 4.79. The standard InChI is InChI=1S/C21H28Cl2N6O3/c1-3-32-11-10-29-17-18(26(2)21(31)25-19(17)30)24-20(29)28-8-6-27(7-9-28)13-14-4-5-15(22)12-16(14)23/h4-5,12,17-18H,3,6-11,13H2,1-2H3,(H,25,30,31). The van der Waals surface area contributed by atoms with E-state index in [1.807, 2.05) is 24.0 Å². The van der Waals surface area contributed by atoms with Gasteiger partial charge in [-0.1, -0.05) is 29.3 Å². The SMILES string of the molecule is CCOCCN1C(N2CCN(Cc3ccc(Cl)cc3Cl)CC2)=NC2C1C(=O)NC(=O)N2C. The van der Waals surface area contributed by atoms with Gasteiger partial charge in [0.1, 0.15) is 0 Å². The molecule has 2 saturated heterocycles. The molecule has 1 aromatic carbocycles. The van der Waals surface area contributed by atoms with E-state index in [4.69, 9.17) is 32.9 Å². The number of carbonyl (C=O) groups excluding carboxylic acids is 2. The number of halogens is 2. The number of nitrogens with zero attached hydrogens (tertiary/aromatic N) is 5. The van der Waals surface area contributed by atoms with Crippen LogP contribution < -0.4 is 5.32 Å². The van der Waals surface area contributed by atoms with E-state index >= 15 is 0 Å². The number of fused-ring (bicyclic) bond motifs is 1. The summed E-state index contributed by atoms with van der Waals surface area (Å²) in [7, 11) is 1.67. The van der Waals surface area contributed by atoms with E-state index in [9.17, 15) is 9.59 Å². The summed E-state index contributed by atoms with van der Waals surface area (Å²) in [6.45, 7) is 7.47. The Labute approximate surface area is 197 Å². The number of imide groups is 1. The Morgan fingerprint density at radius 1 is 1.19 bits per heavy atom. The number of carbonyl (C=O) groups is 2. The Balaban J connectivity index is 1.45. The van der Waals surface area contributed by atoms with E-state index in [-0.39, 0.29) is 5.91 Å². The largest absolute Gasteiger partial charge is 0.380 e. The fourth-order valence-electron chi connectivity index (χ4n) is 4.32. The number of nitrogens with one attached hydrogen (secondary N) is 1. The minimum atomic E-state index is -0.543. The van der Waals surface area contributed by atoms with Crippen LogP contribution in [-0.4, -0.2) is 103 Å². The Kier molecular flexibility index (Phi) is 7.09. The molecule has 3 aliphatic rings. The van der Waals surface area contributed by atoms with Crippen LogP contribution in [0.4, 0.5) is 4.79 Å². The molecule has 0 spiro atoms. The lowest BCUT2D eigenvalue weighted by Crippen LogP contribution is -2.65. The average Bonchev–Trinajstić information content (AvgIpc) is 3.15. The van der Waals surface area contributed by atoms with Crippen molar-refractivity contribution < 1.29 is 14.3 Å². The van der Waals surface area contributed by atoms with Gasteiger partial charge in [-0.25, -0.2) is 9.79 Å². The van der Waals surface area contributed by atoms with E-state index < -0.39 is 18.2 Å². The number of ether oxygens (including phenoxy) is 1. The van der Waals surface area contributed by atoms with Crippen molar-refractivity contribution in [3.63, 3.8) is 0 Å². The van der Waals surface area contributed by atoms with Crippen LogP contribution in [0.15, 0.2) is 23.2 Å². The maximum Gasteiger partial charge on any atom is 0.325 e. The highest BCUT2D eigenvalue weighted by molar-refractivity contribution is 6.35. The van der Waals surface area contributed by atoms with Crippen molar-refractivity contribution in [1.82, 2.24) is 24.9 Å². The minimum absolute atomic E-state index is 0.315. The van der Waals surface area contributed by atoms with Crippen molar-refractivity contribution in [3.8, 4) is 0 Å². The Hall–Kier alpha value is -2.07. The van der Waals surface area contributed by atoms with E-state index in [1.165, 1.54) is 4.90 Å². The van der Waals surface area contributed by atoms with Crippen molar-refractivity contribution in [1.29, 1.82) is 0 Å². The highest BCUT2D eigenvalue weighted by atomic mass is 35.5. The molecule has 0 bridgehead atoms. The summed E-state index contributed by atoms with van der Waals surface area (Å²) in [5.74, 6) is 0.435. The second-order valence-electron chi connectivity index (χ2n) is 8.08. The predicted octanol–water partition coefficient (Wildman–Crippen LogP) is 1.70. The summed E-state index contributed by atoms with van der Waals surface area (Å²) in [6, 6.07) is 4.62. The maximum absolute atomic E-state index is 12.7. The fraction of sp³-hybridized carbons (Fsp3) is 0.571. The Bertz CT molecular complexity index is 906. The monoisotopic (exact) mass is 482 g/mol. The summed E-state index contributed by atoms with van der Waals surface area (Å²) in [6.07, 6.45) is -0.529. The van der Waals surface area contributed by atoms with Crippen LogP contribution in [0.2, 0.25) is 10.0 Å². The molecule has 1 aromatic rings. The number of piperazine rings is 1. The van der Waals surface area contributed by atoms with Crippen molar-refractivity contribution in [3.05, 3.63) is 33.8 Å². The summed E-state index contributed by atoms with van der Waals surface area (Å²) in [5, 5.41) is 3.73. The topological polar surface area (TPSA) is 80.7 Å². The molecule has 3 aliphatic heterocycles. The molecule has 32 heavy (non-hydrogen) atoms. The third-order valence-electron chi connectivity index (χ3n) is 6.08. The number of amides is 3. The first-order valence-corrected chi connectivity index (χ1v) is 11.6. The van der Waals surface area contributed by atoms with Crippen LogP contribution in [-0.2, 0) is 16.1 Å². The number of aliphatic imine (C=N–C) groups is 1. The quantitative estimate of drug-likeness (QED) is 0.621. The van der Waals surface area contributed by atoms with Crippen molar-refractivity contribution >= 4 is 41.1 Å². The van der Waals surface area contributed by atoms with Gasteiger partial charge in [-0.3, -0.25) is 15.0 Å². The lowest BCUT2D eigenvalue weighted by atomic mass is 10.1. The molecule has 0 aliphatic carbocycles. The molecular weight excluding hydrogens is 455 g/mol. The third-order valence-corrected chi connectivity index (χ3v) is 6.67. The van der Waals surface area contributed by atoms with Crippen molar-refractivity contribution in [2.45, 2.75) is 25.7 Å². The van der Waals surface area contributed by atoms with E-state index in [0.29, 0.717) is 29.8 Å². The van der Waals surface area contributed by atoms with Crippen LogP contribution in [0.1, 0.15) is 12.5 Å². The van der Waals surface area contributed by atoms with Gasteiger partial charge in [0.05, 0.1) is 6.61 Å². The molecule has 9 nitrogen and oxygen atoms in total. The normalized spacial score (nSPS) is 24.0. The number of hydrogen-bond donors (Lipinski definition) is 1. The summed E-state index contributed by atoms with van der Waals surface area (Å²) < 4.78 is 5.54. The molecule has 1 N–H and O–H groups in total. The van der Waals surface area contributed by atoms with Crippen LogP contribution in [0.3, 0.4) is 0 Å². The van der Waals surface area contributed by atoms with E-state index in [1.54, 1.807) is 13.1 Å². The van der Waals surface area contributed by atoms with Gasteiger partial charge in [-0.15, -0.1) is 0 Å². The molecule has 3 amide bonds. The van der Waals surface area contributed by atoms with Gasteiger partial charge in [-0.05, 0) is 24.6 Å². The van der Waals surface area contributed by atoms with Gasteiger partial charge in [-0.2, -0.15) is 0 Å². The zero-order chi connectivity index (χ0) is 22.8. The Morgan fingerprint density at radius 3 is 2.62 bits per heavy atom. The number of hydrogen-bond acceptors (Lipinski definition) is 7. The molecule has 2 fully saturated rings. The molecular formula is C21H28Cl2N6O3. The van der Waals surface area contributed by atoms with Gasteiger partial charge < -0.3 is 19.4 Å². The lowest BCUT2D eigenvalue weighted by Gasteiger charge is -2.40. The van der Waals surface area contributed by atoms with Gasteiger partial charge >= 0.3 is 6.03 Å². The zero-order valence-corrected chi connectivity index (χ0v) is 19.8. The van der Waals surface area contributed by atoms with Crippen LogP contribution in [0.25, 0.3) is 0 Å². The van der Waals surface area contributed by atoms with Gasteiger partial charge in [0.25, 0.3) is 5.91 Å². The second-order valence-corrected chi connectivity index (χ2v) is 8.93. The highest BCUT2D eigenvalue weighted by Crippen LogP contribution is 2.27. The molecule has 0 radical (unpaired) electrons. The van der Waals surface area contributed by atoms with Crippen molar-refractivity contribution in [2.24, 2.45) is 4.99 Å². The molecule has 3 heterocycles. The molecule has 0 saturated carbocycles. The van der Waals surface area contributed by atoms with E-state index in [2.05, 4.69) is 15.1 Å². The second kappa shape index (κ2) is 9.82. The summed E-state index contributed by atoms with van der Waals surface area (Å²) >= 11 is 12.3. The summed E-state index contributed by atoms with van der Waals surface area (Å²) in [4.78, 5) is 37.6. The number of urea groups is 1. The number of benzene rings is 1. The molecule has 11 heteroatoms. The molecule has 174 valence electrons. The average molecular weight is 483 g/mol. The maximum atomic E-state index is 12.7. The molecule has 2 atom stereocenters. The zero-order valence-electron chi connectivity index (χ0n) is 18.3. The minimum Gasteiger partial charge on any atom is -0.380 e. The first kappa shape index (κ1) is 23.1. The Morgan fingerprint density at radius 2 is 1.94 bits per heavy atom. The van der Waals surface area contributed by atoms with Gasteiger partial charge in [0.15, 0.2) is 18.2 Å². The van der Waals surface area contributed by atoms with Crippen LogP contribution in [0.5, 0.6) is 0 Å². The summed E-state index contributed by atoms with van der Waals surface area (Å²) in [5.41, 5.74) is 1.05. The predicted molar refractivity (Wildman–Crippen MR) is 123 cm³/mol. The van der Waals surface area contributed by atoms with Crippen LogP contribution in [0, 0.1) is 0 Å². The first-order valence-electron chi connectivity index (χ1n) is 10.8. The third kappa shape index (κ3) is 4.66. The smallest absolute Gasteiger partial charge is 0.325 e.